The van der Waals surface area contributed by atoms with E-state index < -0.39 is 0 Å². The minimum absolute atomic E-state index is 0.718. The van der Waals surface area contributed by atoms with Crippen molar-refractivity contribution < 1.29 is 0 Å². The summed E-state index contributed by atoms with van der Waals surface area (Å²) in [7, 11) is 0. The van der Waals surface area contributed by atoms with Crippen LogP contribution in [0.2, 0.25) is 0 Å². The van der Waals surface area contributed by atoms with Gasteiger partial charge >= 0.3 is 0 Å². The van der Waals surface area contributed by atoms with Gasteiger partial charge in [-0.25, -0.2) is 0 Å². The van der Waals surface area contributed by atoms with Crippen LogP contribution in [0.4, 0.5) is 5.69 Å². The summed E-state index contributed by atoms with van der Waals surface area (Å²) in [5.41, 5.74) is 7.34. The van der Waals surface area contributed by atoms with Crippen LogP contribution >= 0.6 is 11.8 Å². The molecular formula is C13H11N5S. The van der Waals surface area contributed by atoms with Gasteiger partial charge in [0.1, 0.15) is 0 Å². The molecule has 0 aliphatic rings. The molecule has 0 saturated carbocycles. The van der Waals surface area contributed by atoms with Gasteiger partial charge in [-0.1, -0.05) is 18.2 Å². The third-order valence-electron chi connectivity index (χ3n) is 2.53. The van der Waals surface area contributed by atoms with E-state index >= 15 is 0 Å². The maximum absolute atomic E-state index is 5.67. The predicted molar refractivity (Wildman–Crippen MR) is 74.1 cm³/mol. The summed E-state index contributed by atoms with van der Waals surface area (Å²) in [6.07, 6.45) is 0. The maximum Gasteiger partial charge on any atom is 0.218 e. The van der Waals surface area contributed by atoms with Crippen LogP contribution in [-0.2, 0) is 0 Å². The van der Waals surface area contributed by atoms with E-state index in [-0.39, 0.29) is 0 Å². The molecule has 0 aliphatic carbocycles. The van der Waals surface area contributed by atoms with E-state index in [1.54, 1.807) is 4.68 Å². The number of hydrogen-bond donors (Lipinski definition) is 1. The molecule has 0 fully saturated rings. The van der Waals surface area contributed by atoms with E-state index in [1.165, 1.54) is 11.8 Å². The van der Waals surface area contributed by atoms with Crippen LogP contribution in [0.1, 0.15) is 0 Å². The van der Waals surface area contributed by atoms with E-state index in [2.05, 4.69) is 15.5 Å². The highest BCUT2D eigenvalue weighted by atomic mass is 32.2. The molecule has 1 heterocycles. The zero-order valence-electron chi connectivity index (χ0n) is 9.97. The first-order valence-corrected chi connectivity index (χ1v) is 6.52. The summed E-state index contributed by atoms with van der Waals surface area (Å²) < 4.78 is 1.71. The van der Waals surface area contributed by atoms with Crippen molar-refractivity contribution in [2.24, 2.45) is 0 Å². The van der Waals surface area contributed by atoms with Crippen molar-refractivity contribution in [2.75, 3.05) is 5.73 Å². The van der Waals surface area contributed by atoms with E-state index in [9.17, 15) is 0 Å². The molecule has 0 atom stereocenters. The van der Waals surface area contributed by atoms with Gasteiger partial charge in [0.25, 0.3) is 0 Å². The maximum atomic E-state index is 5.67. The van der Waals surface area contributed by atoms with E-state index in [4.69, 9.17) is 5.73 Å². The van der Waals surface area contributed by atoms with Gasteiger partial charge in [0.05, 0.1) is 5.69 Å². The molecule has 0 amide bonds. The summed E-state index contributed by atoms with van der Waals surface area (Å²) in [6, 6.07) is 17.4. The van der Waals surface area contributed by atoms with Crippen molar-refractivity contribution in [2.45, 2.75) is 10.1 Å². The zero-order chi connectivity index (χ0) is 13.1. The van der Waals surface area contributed by atoms with Crippen molar-refractivity contribution in [3.8, 4) is 5.69 Å². The lowest BCUT2D eigenvalue weighted by Gasteiger charge is -2.04. The van der Waals surface area contributed by atoms with E-state index in [1.807, 2.05) is 54.6 Å². The number of hydrogen-bond acceptors (Lipinski definition) is 5. The molecule has 0 unspecified atom stereocenters. The second kappa shape index (κ2) is 5.11. The molecule has 19 heavy (non-hydrogen) atoms. The number of anilines is 1. The number of nitrogens with zero attached hydrogens (tertiary/aromatic N) is 4. The smallest absolute Gasteiger partial charge is 0.218 e. The fourth-order valence-electron chi connectivity index (χ4n) is 1.62. The van der Waals surface area contributed by atoms with E-state index in [0.717, 1.165) is 21.4 Å². The largest absolute Gasteiger partial charge is 0.399 e. The number of nitrogens with two attached hydrogens (primary N) is 1. The van der Waals surface area contributed by atoms with Crippen LogP contribution in [0.25, 0.3) is 5.69 Å². The molecule has 94 valence electrons. The summed E-state index contributed by atoms with van der Waals surface area (Å²) in [5.74, 6) is 0. The first-order chi connectivity index (χ1) is 9.33. The molecule has 5 nitrogen and oxygen atoms in total. The third kappa shape index (κ3) is 2.58. The summed E-state index contributed by atoms with van der Waals surface area (Å²) in [5, 5.41) is 12.5. The molecule has 2 N–H and O–H groups in total. The Morgan fingerprint density at radius 2 is 1.68 bits per heavy atom. The van der Waals surface area contributed by atoms with Crippen LogP contribution in [0.15, 0.2) is 64.6 Å². The van der Waals surface area contributed by atoms with Gasteiger partial charge in [-0.05, 0) is 58.6 Å². The van der Waals surface area contributed by atoms with Crippen molar-refractivity contribution in [1.29, 1.82) is 0 Å². The molecule has 0 spiro atoms. The quantitative estimate of drug-likeness (QED) is 0.739. The Kier molecular flexibility index (Phi) is 3.16. The predicted octanol–water partition coefficient (Wildman–Crippen LogP) is 2.40. The summed E-state index contributed by atoms with van der Waals surface area (Å²) in [6.45, 7) is 0. The topological polar surface area (TPSA) is 69.6 Å². The average Bonchev–Trinajstić information content (AvgIpc) is 2.90. The highest BCUT2D eigenvalue weighted by Crippen LogP contribution is 2.27. The molecule has 6 heteroatoms. The third-order valence-corrected chi connectivity index (χ3v) is 3.48. The molecule has 3 aromatic rings. The number of para-hydroxylation sites is 1. The number of nitrogen functional groups attached to an aromatic ring is 1. The van der Waals surface area contributed by atoms with Gasteiger partial charge in [-0.15, -0.1) is 5.10 Å². The van der Waals surface area contributed by atoms with Gasteiger partial charge in [-0.2, -0.15) is 4.68 Å². The second-order valence-electron chi connectivity index (χ2n) is 3.88. The Labute approximate surface area is 114 Å². The normalized spacial score (nSPS) is 10.5. The molecule has 0 saturated heterocycles. The molecule has 0 aliphatic heterocycles. The van der Waals surface area contributed by atoms with Crippen LogP contribution < -0.4 is 5.73 Å². The fourth-order valence-corrected chi connectivity index (χ4v) is 2.40. The number of aromatic nitrogens is 4. The molecule has 0 radical (unpaired) electrons. The summed E-state index contributed by atoms with van der Waals surface area (Å²) >= 11 is 1.50. The Morgan fingerprint density at radius 1 is 0.947 bits per heavy atom. The monoisotopic (exact) mass is 269 g/mol. The molecular weight excluding hydrogens is 258 g/mol. The molecule has 0 bridgehead atoms. The van der Waals surface area contributed by atoms with Crippen LogP contribution in [0, 0.1) is 0 Å². The van der Waals surface area contributed by atoms with Gasteiger partial charge in [0.2, 0.25) is 5.16 Å². The van der Waals surface area contributed by atoms with Gasteiger partial charge in [0, 0.05) is 10.6 Å². The minimum atomic E-state index is 0.718. The standard InChI is InChI=1S/C13H11N5S/c14-10-6-8-12(9-7-10)19-13-15-16-17-18(13)11-4-2-1-3-5-11/h1-9H,14H2. The Bertz CT molecular complexity index is 663. The zero-order valence-corrected chi connectivity index (χ0v) is 10.8. The number of rotatable bonds is 3. The lowest BCUT2D eigenvalue weighted by molar-refractivity contribution is 0.756. The van der Waals surface area contributed by atoms with Crippen LogP contribution in [0.3, 0.4) is 0 Å². The van der Waals surface area contributed by atoms with Crippen molar-refractivity contribution in [3.63, 3.8) is 0 Å². The number of tetrazole rings is 1. The minimum Gasteiger partial charge on any atom is -0.399 e. The van der Waals surface area contributed by atoms with Crippen molar-refractivity contribution in [1.82, 2.24) is 20.2 Å². The first-order valence-electron chi connectivity index (χ1n) is 5.70. The summed E-state index contributed by atoms with van der Waals surface area (Å²) in [4.78, 5) is 1.04. The molecule has 2 aromatic carbocycles. The Morgan fingerprint density at radius 3 is 2.42 bits per heavy atom. The second-order valence-corrected chi connectivity index (χ2v) is 4.92. The highest BCUT2D eigenvalue weighted by molar-refractivity contribution is 7.99. The first kappa shape index (κ1) is 11.7. The van der Waals surface area contributed by atoms with Gasteiger partial charge < -0.3 is 5.73 Å². The van der Waals surface area contributed by atoms with Gasteiger partial charge in [-0.3, -0.25) is 0 Å². The highest BCUT2D eigenvalue weighted by Gasteiger charge is 2.09. The number of benzene rings is 2. The van der Waals surface area contributed by atoms with Crippen LogP contribution in [-0.4, -0.2) is 20.2 Å². The molecule has 1 aromatic heterocycles. The van der Waals surface area contributed by atoms with E-state index in [0.29, 0.717) is 0 Å². The van der Waals surface area contributed by atoms with Crippen molar-refractivity contribution >= 4 is 17.4 Å². The Hall–Kier alpha value is -2.34. The lowest BCUT2D eigenvalue weighted by Crippen LogP contribution is -1.98. The Balaban J connectivity index is 1.91. The van der Waals surface area contributed by atoms with Crippen molar-refractivity contribution in [3.05, 3.63) is 54.6 Å². The fraction of sp³-hybridized carbons (Fsp3) is 0. The average molecular weight is 269 g/mol. The molecule has 3 rings (SSSR count). The van der Waals surface area contributed by atoms with Gasteiger partial charge in [0.15, 0.2) is 0 Å². The SMILES string of the molecule is Nc1ccc(Sc2nnnn2-c2ccccc2)cc1. The lowest BCUT2D eigenvalue weighted by atomic mass is 10.3. The van der Waals surface area contributed by atoms with Crippen LogP contribution in [0.5, 0.6) is 0 Å².